The molecule has 1 N–H and O–H groups in total. The largest absolute Gasteiger partial charge is 0.339 e. The number of nitrogens with one attached hydrogen (secondary N) is 1. The molecule has 3 rings (SSSR count). The minimum absolute atomic E-state index is 0.0547. The summed E-state index contributed by atoms with van der Waals surface area (Å²) in [4.78, 5) is 28.6. The van der Waals surface area contributed by atoms with Crippen molar-refractivity contribution in [2.45, 2.75) is 52.4 Å². The zero-order valence-corrected chi connectivity index (χ0v) is 19.3. The average molecular weight is 431 g/mol. The Hall–Kier alpha value is -3.14. The summed E-state index contributed by atoms with van der Waals surface area (Å²) in [5.41, 5.74) is 1.64. The quantitative estimate of drug-likeness (QED) is 0.336. The van der Waals surface area contributed by atoms with Gasteiger partial charge in [-0.05, 0) is 36.4 Å². The van der Waals surface area contributed by atoms with Crippen LogP contribution < -0.4 is 5.32 Å². The van der Waals surface area contributed by atoms with Crippen molar-refractivity contribution in [1.82, 2.24) is 4.90 Å². The smallest absolute Gasteiger partial charge is 0.256 e. The van der Waals surface area contributed by atoms with Crippen LogP contribution in [-0.4, -0.2) is 29.8 Å². The van der Waals surface area contributed by atoms with E-state index in [2.05, 4.69) is 19.2 Å². The Morgan fingerprint density at radius 2 is 1.31 bits per heavy atom. The lowest BCUT2D eigenvalue weighted by molar-refractivity contribution is 0.0745. The van der Waals surface area contributed by atoms with Gasteiger partial charge in [-0.15, -0.1) is 0 Å². The molecule has 0 radical (unpaired) electrons. The summed E-state index contributed by atoms with van der Waals surface area (Å²) < 4.78 is 0. The molecule has 0 aliphatic heterocycles. The van der Waals surface area contributed by atoms with Crippen LogP contribution >= 0.6 is 0 Å². The lowest BCUT2D eigenvalue weighted by atomic mass is 10.0. The molecule has 0 saturated heterocycles. The lowest BCUT2D eigenvalue weighted by Crippen LogP contribution is -2.34. The molecule has 0 aromatic heterocycles. The van der Waals surface area contributed by atoms with Crippen molar-refractivity contribution in [3.8, 4) is 0 Å². The molecular formula is C28H34N2O2. The van der Waals surface area contributed by atoms with Crippen LogP contribution in [0.1, 0.15) is 73.1 Å². The van der Waals surface area contributed by atoms with Gasteiger partial charge in [0.15, 0.2) is 0 Å². The highest BCUT2D eigenvalue weighted by molar-refractivity contribution is 6.14. The Morgan fingerprint density at radius 3 is 2.00 bits per heavy atom. The Bertz CT molecular complexity index is 1030. The first-order valence-electron chi connectivity index (χ1n) is 11.8. The van der Waals surface area contributed by atoms with Crippen molar-refractivity contribution in [3.63, 3.8) is 0 Å². The molecule has 4 nitrogen and oxygen atoms in total. The van der Waals surface area contributed by atoms with Gasteiger partial charge in [-0.1, -0.05) is 88.1 Å². The van der Waals surface area contributed by atoms with Gasteiger partial charge >= 0.3 is 0 Å². The molecule has 2 amide bonds. The number of carbonyl (C=O) groups excluding carboxylic acids is 2. The van der Waals surface area contributed by atoms with Crippen molar-refractivity contribution >= 4 is 28.3 Å². The molecule has 0 aliphatic carbocycles. The molecule has 0 aliphatic rings. The Labute approximate surface area is 191 Å². The van der Waals surface area contributed by atoms with Crippen LogP contribution in [0.3, 0.4) is 0 Å². The monoisotopic (exact) mass is 430 g/mol. The highest BCUT2D eigenvalue weighted by Gasteiger charge is 2.22. The SMILES string of the molecule is CCCCCN(CCCCC)C(=O)c1ccccc1C(=O)Nc1cccc2ccccc12. The van der Waals surface area contributed by atoms with Crippen LogP contribution in [0.25, 0.3) is 10.8 Å². The van der Waals surface area contributed by atoms with E-state index < -0.39 is 0 Å². The summed E-state index contributed by atoms with van der Waals surface area (Å²) in [5.74, 6) is -0.312. The summed E-state index contributed by atoms with van der Waals surface area (Å²) in [6.45, 7) is 5.79. The van der Waals surface area contributed by atoms with Crippen LogP contribution in [0.15, 0.2) is 66.7 Å². The van der Waals surface area contributed by atoms with Crippen molar-refractivity contribution in [2.75, 3.05) is 18.4 Å². The zero-order chi connectivity index (χ0) is 22.8. The van der Waals surface area contributed by atoms with E-state index in [1.165, 1.54) is 0 Å². The molecule has 4 heteroatoms. The summed E-state index contributed by atoms with van der Waals surface area (Å²) in [6, 6.07) is 21.0. The van der Waals surface area contributed by atoms with Gasteiger partial charge in [0, 0.05) is 24.2 Å². The number of rotatable bonds is 11. The third-order valence-corrected chi connectivity index (χ3v) is 5.79. The average Bonchev–Trinajstić information content (AvgIpc) is 2.83. The van der Waals surface area contributed by atoms with Gasteiger partial charge < -0.3 is 10.2 Å². The molecule has 168 valence electrons. The number of fused-ring (bicyclic) bond motifs is 1. The predicted molar refractivity (Wildman–Crippen MR) is 133 cm³/mol. The van der Waals surface area contributed by atoms with Gasteiger partial charge in [0.05, 0.1) is 11.1 Å². The van der Waals surface area contributed by atoms with Crippen LogP contribution in [-0.2, 0) is 0 Å². The molecule has 0 fully saturated rings. The fourth-order valence-corrected chi connectivity index (χ4v) is 3.98. The number of hydrogen-bond acceptors (Lipinski definition) is 2. The van der Waals surface area contributed by atoms with E-state index in [-0.39, 0.29) is 11.8 Å². The molecular weight excluding hydrogens is 396 g/mol. The summed E-state index contributed by atoms with van der Waals surface area (Å²) in [7, 11) is 0. The number of anilines is 1. The first-order valence-corrected chi connectivity index (χ1v) is 11.8. The summed E-state index contributed by atoms with van der Waals surface area (Å²) >= 11 is 0. The van der Waals surface area contributed by atoms with Crippen molar-refractivity contribution in [2.24, 2.45) is 0 Å². The Morgan fingerprint density at radius 1 is 0.719 bits per heavy atom. The van der Waals surface area contributed by atoms with Gasteiger partial charge in [0.1, 0.15) is 0 Å². The van der Waals surface area contributed by atoms with Crippen molar-refractivity contribution in [1.29, 1.82) is 0 Å². The van der Waals surface area contributed by atoms with Crippen molar-refractivity contribution in [3.05, 3.63) is 77.9 Å². The second-order valence-corrected chi connectivity index (χ2v) is 8.23. The number of benzene rings is 3. The molecule has 3 aromatic rings. The first-order chi connectivity index (χ1) is 15.7. The second-order valence-electron chi connectivity index (χ2n) is 8.23. The minimum atomic E-state index is -0.257. The Kier molecular flexibility index (Phi) is 8.85. The predicted octanol–water partition coefficient (Wildman–Crippen LogP) is 6.91. The van der Waals surface area contributed by atoms with E-state index in [9.17, 15) is 9.59 Å². The third kappa shape index (κ3) is 5.97. The van der Waals surface area contributed by atoms with Gasteiger partial charge in [0.2, 0.25) is 0 Å². The van der Waals surface area contributed by atoms with Crippen LogP contribution in [0, 0.1) is 0 Å². The normalized spacial score (nSPS) is 10.8. The van der Waals surface area contributed by atoms with Gasteiger partial charge in [-0.2, -0.15) is 0 Å². The maximum atomic E-state index is 13.5. The van der Waals surface area contributed by atoms with E-state index in [1.54, 1.807) is 12.1 Å². The van der Waals surface area contributed by atoms with Gasteiger partial charge in [0.25, 0.3) is 11.8 Å². The van der Waals surface area contributed by atoms with E-state index in [1.807, 2.05) is 59.5 Å². The van der Waals surface area contributed by atoms with E-state index in [4.69, 9.17) is 0 Å². The Balaban J connectivity index is 1.84. The molecule has 32 heavy (non-hydrogen) atoms. The molecule has 0 atom stereocenters. The highest BCUT2D eigenvalue weighted by atomic mass is 16.2. The highest BCUT2D eigenvalue weighted by Crippen LogP contribution is 2.24. The maximum absolute atomic E-state index is 13.5. The fourth-order valence-electron chi connectivity index (χ4n) is 3.98. The number of carbonyl (C=O) groups is 2. The second kappa shape index (κ2) is 12.0. The number of hydrogen-bond donors (Lipinski definition) is 1. The third-order valence-electron chi connectivity index (χ3n) is 5.79. The summed E-state index contributed by atoms with van der Waals surface area (Å²) in [6.07, 6.45) is 6.39. The van der Waals surface area contributed by atoms with Crippen LogP contribution in [0.5, 0.6) is 0 Å². The zero-order valence-electron chi connectivity index (χ0n) is 19.3. The molecule has 0 saturated carbocycles. The van der Waals surface area contributed by atoms with Gasteiger partial charge in [-0.3, -0.25) is 9.59 Å². The standard InChI is InChI=1S/C28H34N2O2/c1-3-5-11-20-30(21-12-6-4-2)28(32)25-18-10-9-17-24(25)27(31)29-26-19-13-15-22-14-7-8-16-23(22)26/h7-10,13-19H,3-6,11-12,20-21H2,1-2H3,(H,29,31). The molecule has 0 bridgehead atoms. The molecule has 0 heterocycles. The van der Waals surface area contributed by atoms with E-state index >= 15 is 0 Å². The minimum Gasteiger partial charge on any atom is -0.339 e. The lowest BCUT2D eigenvalue weighted by Gasteiger charge is -2.24. The molecule has 0 unspecified atom stereocenters. The van der Waals surface area contributed by atoms with Crippen LogP contribution in [0.2, 0.25) is 0 Å². The number of unbranched alkanes of at least 4 members (excludes halogenated alkanes) is 4. The van der Waals surface area contributed by atoms with Crippen molar-refractivity contribution < 1.29 is 9.59 Å². The topological polar surface area (TPSA) is 49.4 Å². The van der Waals surface area contributed by atoms with E-state index in [0.29, 0.717) is 11.1 Å². The number of nitrogens with zero attached hydrogens (tertiary/aromatic N) is 1. The first kappa shape index (κ1) is 23.5. The molecule has 0 spiro atoms. The number of amides is 2. The summed E-state index contributed by atoms with van der Waals surface area (Å²) in [5, 5.41) is 5.07. The molecule has 3 aromatic carbocycles. The van der Waals surface area contributed by atoms with Crippen LogP contribution in [0.4, 0.5) is 5.69 Å². The maximum Gasteiger partial charge on any atom is 0.256 e. The van der Waals surface area contributed by atoms with E-state index in [0.717, 1.165) is 68.1 Å². The fraction of sp³-hybridized carbons (Fsp3) is 0.357. The van der Waals surface area contributed by atoms with Gasteiger partial charge in [-0.25, -0.2) is 0 Å².